The number of benzene rings is 1. The normalized spacial score (nSPS) is 19.4. The molecule has 0 radical (unpaired) electrons. The third-order valence-electron chi connectivity index (χ3n) is 7.00. The van der Waals surface area contributed by atoms with E-state index in [4.69, 9.17) is 0 Å². The maximum absolute atomic E-state index is 13.2. The third kappa shape index (κ3) is 4.49. The van der Waals surface area contributed by atoms with Crippen molar-refractivity contribution >= 4 is 23.3 Å². The Morgan fingerprint density at radius 1 is 0.871 bits per heavy atom. The van der Waals surface area contributed by atoms with Gasteiger partial charge in [-0.1, -0.05) is 43.5 Å². The van der Waals surface area contributed by atoms with E-state index in [2.05, 4.69) is 41.0 Å². The van der Waals surface area contributed by atoms with Crippen LogP contribution >= 0.6 is 11.3 Å². The first-order valence-electron chi connectivity index (χ1n) is 11.7. The summed E-state index contributed by atoms with van der Waals surface area (Å²) >= 11 is 1.64. The number of hydrogen-bond donors (Lipinski definition) is 2. The number of amides is 3. The molecule has 1 aromatic heterocycles. The second kappa shape index (κ2) is 9.03. The van der Waals surface area contributed by atoms with E-state index >= 15 is 0 Å². The van der Waals surface area contributed by atoms with Crippen LogP contribution in [0.3, 0.4) is 0 Å². The van der Waals surface area contributed by atoms with Gasteiger partial charge in [-0.2, -0.15) is 0 Å². The van der Waals surface area contributed by atoms with Crippen molar-refractivity contribution in [3.8, 4) is 10.4 Å². The van der Waals surface area contributed by atoms with Gasteiger partial charge in [0.2, 0.25) is 0 Å². The zero-order valence-electron chi connectivity index (χ0n) is 18.0. The molecule has 0 unspecified atom stereocenters. The number of nitrogens with zero attached hydrogens (tertiary/aromatic N) is 1. The van der Waals surface area contributed by atoms with Crippen LogP contribution in [0.25, 0.3) is 10.4 Å². The van der Waals surface area contributed by atoms with E-state index in [9.17, 15) is 9.59 Å². The fraction of sp³-hybridized carbons (Fsp3) is 0.520. The molecule has 1 aliphatic heterocycles. The second-order valence-corrected chi connectivity index (χ2v) is 10.2. The molecule has 2 heterocycles. The molecule has 5 rings (SSSR count). The highest BCUT2D eigenvalue weighted by molar-refractivity contribution is 7.17. The van der Waals surface area contributed by atoms with Crippen LogP contribution in [0.2, 0.25) is 0 Å². The van der Waals surface area contributed by atoms with Gasteiger partial charge in [0.1, 0.15) is 0 Å². The maximum atomic E-state index is 13.2. The molecule has 0 bridgehead atoms. The van der Waals surface area contributed by atoms with Crippen LogP contribution in [0.4, 0.5) is 4.79 Å². The summed E-state index contributed by atoms with van der Waals surface area (Å²) in [6.45, 7) is 1.40. The minimum absolute atomic E-state index is 0.0405. The fourth-order valence-corrected chi connectivity index (χ4v) is 6.46. The molecule has 2 fully saturated rings. The number of likely N-dealkylation sites (tertiary alicyclic amines) is 1. The molecule has 2 aliphatic carbocycles. The third-order valence-corrected chi connectivity index (χ3v) is 8.20. The molecule has 6 heteroatoms. The largest absolute Gasteiger partial charge is 0.338 e. The first kappa shape index (κ1) is 20.6. The van der Waals surface area contributed by atoms with Crippen molar-refractivity contribution in [1.82, 2.24) is 15.5 Å². The topological polar surface area (TPSA) is 61.4 Å². The van der Waals surface area contributed by atoms with Gasteiger partial charge >= 0.3 is 6.03 Å². The minimum atomic E-state index is -0.0405. The lowest BCUT2D eigenvalue weighted by Crippen LogP contribution is -2.51. The number of rotatable bonds is 3. The van der Waals surface area contributed by atoms with Gasteiger partial charge < -0.3 is 15.5 Å². The summed E-state index contributed by atoms with van der Waals surface area (Å²) in [5.74, 6) is 0.141. The molecule has 2 aromatic rings. The molecule has 3 amide bonds. The van der Waals surface area contributed by atoms with Crippen LogP contribution in [0.5, 0.6) is 0 Å². The molecule has 2 N–H and O–H groups in total. The van der Waals surface area contributed by atoms with Gasteiger partial charge in [0.05, 0.1) is 4.88 Å². The van der Waals surface area contributed by atoms with Crippen LogP contribution in [-0.2, 0) is 12.8 Å². The van der Waals surface area contributed by atoms with Gasteiger partial charge in [0, 0.05) is 30.1 Å². The summed E-state index contributed by atoms with van der Waals surface area (Å²) in [5.41, 5.74) is 3.98. The molecule has 0 spiro atoms. The maximum Gasteiger partial charge on any atom is 0.315 e. The second-order valence-electron chi connectivity index (χ2n) is 9.14. The highest BCUT2D eigenvalue weighted by atomic mass is 32.1. The summed E-state index contributed by atoms with van der Waals surface area (Å²) in [4.78, 5) is 29.6. The van der Waals surface area contributed by atoms with Crippen molar-refractivity contribution in [2.24, 2.45) is 0 Å². The molecule has 1 saturated carbocycles. The SMILES string of the molecule is O=C(NC1CCCCC1)NC1CCN(C(=O)c2cc3c(s2)-c2ccccc2CC3)CC1. The van der Waals surface area contributed by atoms with E-state index in [1.165, 1.54) is 40.8 Å². The van der Waals surface area contributed by atoms with Crippen molar-refractivity contribution in [3.05, 3.63) is 46.3 Å². The Morgan fingerprint density at radius 2 is 1.55 bits per heavy atom. The lowest BCUT2D eigenvalue weighted by atomic mass is 9.91. The lowest BCUT2D eigenvalue weighted by Gasteiger charge is -2.32. The first-order chi connectivity index (χ1) is 15.2. The number of carbonyl (C=O) groups is 2. The predicted octanol–water partition coefficient (Wildman–Crippen LogP) is 4.75. The van der Waals surface area contributed by atoms with E-state index < -0.39 is 0 Å². The van der Waals surface area contributed by atoms with Gasteiger partial charge in [0.25, 0.3) is 5.91 Å². The number of thiophene rings is 1. The summed E-state index contributed by atoms with van der Waals surface area (Å²) in [6, 6.07) is 11.1. The van der Waals surface area contributed by atoms with Crippen LogP contribution in [0.15, 0.2) is 30.3 Å². The van der Waals surface area contributed by atoms with E-state index in [-0.39, 0.29) is 18.0 Å². The van der Waals surface area contributed by atoms with Gasteiger partial charge in [-0.15, -0.1) is 11.3 Å². The molecular weight excluding hydrogens is 406 g/mol. The van der Waals surface area contributed by atoms with Crippen molar-refractivity contribution in [2.75, 3.05) is 13.1 Å². The zero-order chi connectivity index (χ0) is 21.2. The molecule has 1 saturated heterocycles. The van der Waals surface area contributed by atoms with E-state index in [0.29, 0.717) is 19.1 Å². The van der Waals surface area contributed by atoms with Crippen LogP contribution < -0.4 is 10.6 Å². The van der Waals surface area contributed by atoms with Crippen LogP contribution in [0.1, 0.15) is 65.7 Å². The number of urea groups is 1. The molecule has 0 atom stereocenters. The lowest BCUT2D eigenvalue weighted by molar-refractivity contribution is 0.0713. The highest BCUT2D eigenvalue weighted by Gasteiger charge is 2.28. The van der Waals surface area contributed by atoms with E-state index in [0.717, 1.165) is 43.4 Å². The number of fused-ring (bicyclic) bond motifs is 3. The Bertz CT molecular complexity index is 955. The van der Waals surface area contributed by atoms with Gasteiger partial charge in [-0.3, -0.25) is 4.79 Å². The van der Waals surface area contributed by atoms with Crippen LogP contribution in [0, 0.1) is 0 Å². The number of carbonyl (C=O) groups excluding carboxylic acids is 2. The predicted molar refractivity (Wildman–Crippen MR) is 125 cm³/mol. The summed E-state index contributed by atoms with van der Waals surface area (Å²) in [5, 5.41) is 6.26. The Hall–Kier alpha value is -2.34. The number of nitrogens with one attached hydrogen (secondary N) is 2. The van der Waals surface area contributed by atoms with E-state index in [1.807, 2.05) is 4.90 Å². The Kier molecular flexibility index (Phi) is 5.99. The Balaban J connectivity index is 1.16. The molecule has 5 nitrogen and oxygen atoms in total. The summed E-state index contributed by atoms with van der Waals surface area (Å²) in [7, 11) is 0. The smallest absolute Gasteiger partial charge is 0.315 e. The molecular formula is C25H31N3O2S. The quantitative estimate of drug-likeness (QED) is 0.728. The molecule has 3 aliphatic rings. The van der Waals surface area contributed by atoms with Crippen molar-refractivity contribution in [2.45, 2.75) is 69.9 Å². The average Bonchev–Trinajstić information content (AvgIpc) is 3.25. The Morgan fingerprint density at radius 3 is 2.32 bits per heavy atom. The minimum Gasteiger partial charge on any atom is -0.338 e. The standard InChI is InChI=1S/C25H31N3O2S/c29-24(22-16-18-11-10-17-6-4-5-9-21(17)23(18)31-22)28-14-12-20(13-15-28)27-25(30)26-19-7-2-1-3-8-19/h4-6,9,16,19-20H,1-3,7-8,10-15H2,(H2,26,27,30). The average molecular weight is 438 g/mol. The molecule has 1 aromatic carbocycles. The summed E-state index contributed by atoms with van der Waals surface area (Å²) in [6.07, 6.45) is 9.59. The Labute approximate surface area is 188 Å². The number of hydrogen-bond acceptors (Lipinski definition) is 3. The number of piperidine rings is 1. The van der Waals surface area contributed by atoms with Crippen molar-refractivity contribution < 1.29 is 9.59 Å². The van der Waals surface area contributed by atoms with Crippen LogP contribution in [-0.4, -0.2) is 42.0 Å². The van der Waals surface area contributed by atoms with Gasteiger partial charge in [-0.05, 0) is 61.3 Å². The monoisotopic (exact) mass is 437 g/mol. The first-order valence-corrected chi connectivity index (χ1v) is 12.6. The van der Waals surface area contributed by atoms with Gasteiger partial charge in [0.15, 0.2) is 0 Å². The van der Waals surface area contributed by atoms with Crippen molar-refractivity contribution in [3.63, 3.8) is 0 Å². The highest BCUT2D eigenvalue weighted by Crippen LogP contribution is 2.40. The number of aryl methyl sites for hydroxylation is 2. The molecule has 164 valence electrons. The molecule has 31 heavy (non-hydrogen) atoms. The summed E-state index contributed by atoms with van der Waals surface area (Å²) < 4.78 is 0. The zero-order valence-corrected chi connectivity index (χ0v) is 18.8. The fourth-order valence-electron chi connectivity index (χ4n) is 5.22. The van der Waals surface area contributed by atoms with Crippen molar-refractivity contribution in [1.29, 1.82) is 0 Å². The van der Waals surface area contributed by atoms with Gasteiger partial charge in [-0.25, -0.2) is 4.79 Å². The van der Waals surface area contributed by atoms with E-state index in [1.54, 1.807) is 11.3 Å².